The van der Waals surface area contributed by atoms with Gasteiger partial charge in [-0.1, -0.05) is 42.5 Å². The summed E-state index contributed by atoms with van der Waals surface area (Å²) in [4.78, 5) is 15.6. The van der Waals surface area contributed by atoms with Crippen molar-refractivity contribution in [1.29, 1.82) is 0 Å². The standard InChI is InChI=1S/C14H12N4O/c19-14(13-16-9-17-18-13)15-8-11-6-3-5-10-4-1-2-7-12(10)11/h1-7,9H,8H2,(H,15,19)(H,16,17,18). The van der Waals surface area contributed by atoms with Gasteiger partial charge in [0, 0.05) is 6.54 Å². The SMILES string of the molecule is O=C(NCc1cccc2ccccc12)c1ncn[nH]1. The zero-order chi connectivity index (χ0) is 13.1. The molecule has 0 radical (unpaired) electrons. The molecule has 0 aliphatic rings. The van der Waals surface area contributed by atoms with Crippen LogP contribution in [0.2, 0.25) is 0 Å². The number of amides is 1. The quantitative estimate of drug-likeness (QED) is 0.747. The predicted molar refractivity (Wildman–Crippen MR) is 71.5 cm³/mol. The van der Waals surface area contributed by atoms with Crippen molar-refractivity contribution in [2.75, 3.05) is 0 Å². The molecule has 0 saturated heterocycles. The number of H-pyrrole nitrogens is 1. The monoisotopic (exact) mass is 252 g/mol. The van der Waals surface area contributed by atoms with Crippen LogP contribution in [0.1, 0.15) is 16.2 Å². The molecule has 0 spiro atoms. The van der Waals surface area contributed by atoms with E-state index >= 15 is 0 Å². The van der Waals surface area contributed by atoms with Gasteiger partial charge in [-0.05, 0) is 16.3 Å². The number of aromatic amines is 1. The summed E-state index contributed by atoms with van der Waals surface area (Å²) in [6.45, 7) is 0.459. The van der Waals surface area contributed by atoms with Crippen LogP contribution in [0.5, 0.6) is 0 Å². The molecule has 19 heavy (non-hydrogen) atoms. The zero-order valence-electron chi connectivity index (χ0n) is 10.1. The molecule has 0 aliphatic carbocycles. The van der Waals surface area contributed by atoms with Gasteiger partial charge >= 0.3 is 0 Å². The molecule has 5 nitrogen and oxygen atoms in total. The molecule has 1 aromatic heterocycles. The van der Waals surface area contributed by atoms with E-state index in [2.05, 4.69) is 32.6 Å². The maximum absolute atomic E-state index is 11.8. The Balaban J connectivity index is 1.81. The number of benzene rings is 2. The summed E-state index contributed by atoms with van der Waals surface area (Å²) in [7, 11) is 0. The van der Waals surface area contributed by atoms with Crippen LogP contribution in [0.15, 0.2) is 48.8 Å². The Morgan fingerprint density at radius 3 is 2.84 bits per heavy atom. The van der Waals surface area contributed by atoms with Crippen LogP contribution in [-0.2, 0) is 6.54 Å². The highest BCUT2D eigenvalue weighted by Gasteiger charge is 2.08. The minimum Gasteiger partial charge on any atom is -0.345 e. The molecule has 2 aromatic carbocycles. The minimum absolute atomic E-state index is 0.222. The van der Waals surface area contributed by atoms with Crippen LogP contribution in [0.4, 0.5) is 0 Å². The Morgan fingerprint density at radius 2 is 2.00 bits per heavy atom. The maximum atomic E-state index is 11.8. The van der Waals surface area contributed by atoms with Gasteiger partial charge in [0.25, 0.3) is 5.91 Å². The lowest BCUT2D eigenvalue weighted by molar-refractivity contribution is 0.0941. The smallest absolute Gasteiger partial charge is 0.288 e. The average Bonchev–Trinajstić information content (AvgIpc) is 2.99. The van der Waals surface area contributed by atoms with E-state index < -0.39 is 0 Å². The number of nitrogens with zero attached hydrogens (tertiary/aromatic N) is 2. The molecule has 1 heterocycles. The summed E-state index contributed by atoms with van der Waals surface area (Å²) in [6.07, 6.45) is 1.31. The van der Waals surface area contributed by atoms with E-state index in [1.54, 1.807) is 0 Å². The van der Waals surface area contributed by atoms with Crippen LogP contribution in [0.25, 0.3) is 10.8 Å². The molecular formula is C14H12N4O. The third-order valence-electron chi connectivity index (χ3n) is 2.95. The van der Waals surface area contributed by atoms with Crippen LogP contribution in [0.3, 0.4) is 0 Å². The van der Waals surface area contributed by atoms with E-state index in [4.69, 9.17) is 0 Å². The summed E-state index contributed by atoms with van der Waals surface area (Å²) in [6, 6.07) is 14.1. The summed E-state index contributed by atoms with van der Waals surface area (Å²) >= 11 is 0. The molecule has 1 amide bonds. The third-order valence-corrected chi connectivity index (χ3v) is 2.95. The van der Waals surface area contributed by atoms with Gasteiger partial charge in [-0.2, -0.15) is 5.10 Å². The van der Waals surface area contributed by atoms with Gasteiger partial charge in [0.05, 0.1) is 0 Å². The van der Waals surface area contributed by atoms with Crippen LogP contribution >= 0.6 is 0 Å². The van der Waals surface area contributed by atoms with E-state index in [9.17, 15) is 4.79 Å². The number of fused-ring (bicyclic) bond motifs is 1. The number of rotatable bonds is 3. The molecule has 0 saturated carbocycles. The van der Waals surface area contributed by atoms with Gasteiger partial charge in [0.2, 0.25) is 5.82 Å². The molecule has 0 atom stereocenters. The first-order valence-corrected chi connectivity index (χ1v) is 5.95. The Labute approximate surface area is 109 Å². The second-order valence-corrected chi connectivity index (χ2v) is 4.16. The van der Waals surface area contributed by atoms with Crippen LogP contribution < -0.4 is 5.32 Å². The highest BCUT2D eigenvalue weighted by atomic mass is 16.2. The molecule has 5 heteroatoms. The first-order valence-electron chi connectivity index (χ1n) is 5.95. The summed E-state index contributed by atoms with van der Waals surface area (Å²) in [5.41, 5.74) is 1.07. The summed E-state index contributed by atoms with van der Waals surface area (Å²) < 4.78 is 0. The number of carbonyl (C=O) groups excluding carboxylic acids is 1. The number of aromatic nitrogens is 3. The van der Waals surface area contributed by atoms with Crippen molar-refractivity contribution >= 4 is 16.7 Å². The van der Waals surface area contributed by atoms with Crippen LogP contribution in [-0.4, -0.2) is 21.1 Å². The maximum Gasteiger partial charge on any atom is 0.288 e. The van der Waals surface area contributed by atoms with Crippen molar-refractivity contribution in [1.82, 2.24) is 20.5 Å². The van der Waals surface area contributed by atoms with Gasteiger partial charge in [0.1, 0.15) is 6.33 Å². The van der Waals surface area contributed by atoms with Gasteiger partial charge in [-0.15, -0.1) is 0 Å². The second-order valence-electron chi connectivity index (χ2n) is 4.16. The van der Waals surface area contributed by atoms with Gasteiger partial charge in [0.15, 0.2) is 0 Å². The molecule has 2 N–H and O–H groups in total. The highest BCUT2D eigenvalue weighted by Crippen LogP contribution is 2.18. The Kier molecular flexibility index (Phi) is 2.94. The molecule has 0 bridgehead atoms. The fourth-order valence-corrected chi connectivity index (χ4v) is 2.02. The lowest BCUT2D eigenvalue weighted by Gasteiger charge is -2.07. The van der Waals surface area contributed by atoms with Crippen molar-refractivity contribution in [3.05, 3.63) is 60.2 Å². The van der Waals surface area contributed by atoms with Crippen molar-refractivity contribution in [3.8, 4) is 0 Å². The lowest BCUT2D eigenvalue weighted by atomic mass is 10.0. The Morgan fingerprint density at radius 1 is 1.16 bits per heavy atom. The van der Waals surface area contributed by atoms with E-state index in [0.717, 1.165) is 16.3 Å². The van der Waals surface area contributed by atoms with Crippen molar-refractivity contribution in [2.24, 2.45) is 0 Å². The molecule has 94 valence electrons. The first-order chi connectivity index (χ1) is 9.34. The van der Waals surface area contributed by atoms with Crippen molar-refractivity contribution in [3.63, 3.8) is 0 Å². The van der Waals surface area contributed by atoms with Gasteiger partial charge in [-0.3, -0.25) is 9.89 Å². The largest absolute Gasteiger partial charge is 0.345 e. The molecule has 3 rings (SSSR count). The lowest BCUT2D eigenvalue weighted by Crippen LogP contribution is -2.24. The van der Waals surface area contributed by atoms with E-state index in [1.807, 2.05) is 30.3 Å². The van der Waals surface area contributed by atoms with Crippen molar-refractivity contribution in [2.45, 2.75) is 6.54 Å². The summed E-state index contributed by atoms with van der Waals surface area (Å²) in [5, 5.41) is 11.3. The number of nitrogens with one attached hydrogen (secondary N) is 2. The zero-order valence-corrected chi connectivity index (χ0v) is 10.1. The number of hydrogen-bond donors (Lipinski definition) is 2. The fraction of sp³-hybridized carbons (Fsp3) is 0.0714. The summed E-state index contributed by atoms with van der Waals surface area (Å²) in [5.74, 6) is -0.0364. The topological polar surface area (TPSA) is 70.7 Å². The van der Waals surface area contributed by atoms with Crippen LogP contribution in [0, 0.1) is 0 Å². The highest BCUT2D eigenvalue weighted by molar-refractivity contribution is 5.91. The first kappa shape index (κ1) is 11.4. The minimum atomic E-state index is -0.259. The van der Waals surface area contributed by atoms with E-state index in [1.165, 1.54) is 6.33 Å². The third kappa shape index (κ3) is 2.30. The normalized spacial score (nSPS) is 10.5. The Bertz CT molecular complexity index is 701. The van der Waals surface area contributed by atoms with E-state index in [-0.39, 0.29) is 11.7 Å². The second kappa shape index (κ2) is 4.89. The predicted octanol–water partition coefficient (Wildman–Crippen LogP) is 1.89. The molecular weight excluding hydrogens is 240 g/mol. The molecule has 3 aromatic rings. The molecule has 0 fully saturated rings. The molecule has 0 aliphatic heterocycles. The fourth-order valence-electron chi connectivity index (χ4n) is 2.02. The van der Waals surface area contributed by atoms with Crippen molar-refractivity contribution < 1.29 is 4.79 Å². The van der Waals surface area contributed by atoms with E-state index in [0.29, 0.717) is 6.54 Å². The molecule has 0 unspecified atom stereocenters. The Hall–Kier alpha value is -2.69. The van der Waals surface area contributed by atoms with Gasteiger partial charge in [-0.25, -0.2) is 4.98 Å². The van der Waals surface area contributed by atoms with Gasteiger partial charge < -0.3 is 5.32 Å². The average molecular weight is 252 g/mol. The number of carbonyl (C=O) groups is 1. The number of hydrogen-bond acceptors (Lipinski definition) is 3.